The fourth-order valence-electron chi connectivity index (χ4n) is 19.2. The zero-order valence-corrected chi connectivity index (χ0v) is 83.2. The second-order valence-corrected chi connectivity index (χ2v) is 36.6. The van der Waals surface area contributed by atoms with E-state index in [0.717, 1.165) is 101 Å². The van der Waals surface area contributed by atoms with Crippen LogP contribution >= 0.6 is 0 Å². The summed E-state index contributed by atoms with van der Waals surface area (Å²) in [5, 5.41) is 4.25. The maximum atomic E-state index is 15.9. The molecule has 760 valence electrons. The topological polar surface area (TPSA) is 445 Å². The Bertz CT molecular complexity index is 6420. The Labute approximate surface area is 847 Å². The van der Waals surface area contributed by atoms with Crippen molar-refractivity contribution >= 4 is 161 Å². The molecule has 0 saturated carbocycles. The monoisotopic (exact) mass is 2010 g/mol. The number of ether oxygens (including phenoxy) is 12. The molecule has 36 nitrogen and oxygen atoms in total. The normalized spacial score (nSPS) is 13.3. The van der Waals surface area contributed by atoms with Gasteiger partial charge in [0.1, 0.15) is 69.0 Å². The number of anilines is 4. The van der Waals surface area contributed by atoms with E-state index in [-0.39, 0.29) is 231 Å². The molecule has 4 heterocycles. The quantitative estimate of drug-likeness (QED) is 0.0123. The van der Waals surface area contributed by atoms with Crippen LogP contribution in [0.15, 0.2) is 146 Å². The third-order valence-electron chi connectivity index (χ3n) is 25.0. The van der Waals surface area contributed by atoms with Crippen molar-refractivity contribution in [1.82, 2.24) is 20.0 Å². The van der Waals surface area contributed by atoms with E-state index in [0.29, 0.717) is 95.9 Å². The molecular weight excluding hydrogens is 1910 g/mol. The van der Waals surface area contributed by atoms with E-state index in [1.54, 1.807) is 48.5 Å². The minimum absolute atomic E-state index is 0.0260. The Hall–Kier alpha value is -17.6. The predicted octanol–water partition coefficient (Wildman–Crippen LogP) is 19.1. The molecule has 0 atom stereocenters. The fourth-order valence-corrected chi connectivity index (χ4v) is 19.2. The first-order chi connectivity index (χ1) is 71.0. The van der Waals surface area contributed by atoms with E-state index >= 15 is 38.4 Å². The summed E-state index contributed by atoms with van der Waals surface area (Å²) in [6.07, 6.45) is 6.28. The lowest BCUT2D eigenvalue weighted by molar-refractivity contribution is -0.132. The Morgan fingerprint density at radius 3 is 0.486 bits per heavy atom. The van der Waals surface area contributed by atoms with E-state index in [2.05, 4.69) is 21.7 Å². The van der Waals surface area contributed by atoms with Crippen LogP contribution in [-0.4, -0.2) is 141 Å². The van der Waals surface area contributed by atoms with E-state index in [9.17, 15) is 38.4 Å². The van der Waals surface area contributed by atoms with Gasteiger partial charge >= 0.3 is 47.8 Å². The smallest absolute Gasteiger partial charge is 0.308 e. The Morgan fingerprint density at radius 1 is 0.216 bits per heavy atom. The summed E-state index contributed by atoms with van der Waals surface area (Å²) < 4.78 is 74.3. The average Bonchev–Trinajstić information content (AvgIpc) is 0.743. The number of rotatable bonds is 36. The van der Waals surface area contributed by atoms with Gasteiger partial charge in [0.25, 0.3) is 47.3 Å². The molecule has 4 aliphatic heterocycles. The Kier molecular flexibility index (Phi) is 29.7. The minimum atomic E-state index is -0.944. The first kappa shape index (κ1) is 102. The van der Waals surface area contributed by atoms with Crippen LogP contribution < -0.4 is 78.5 Å². The van der Waals surface area contributed by atoms with Gasteiger partial charge in [0, 0.05) is 147 Å². The number of nitrogens with zero attached hydrogens (tertiary/aromatic N) is 4. The van der Waals surface area contributed by atoms with Gasteiger partial charge in [0.15, 0.2) is 0 Å². The number of imide groups is 4. The van der Waals surface area contributed by atoms with Gasteiger partial charge in [-0.05, 0) is 193 Å². The van der Waals surface area contributed by atoms with Gasteiger partial charge in [-0.2, -0.15) is 20.0 Å². The zero-order valence-electron chi connectivity index (χ0n) is 83.2. The number of benzene rings is 12. The lowest BCUT2D eigenvalue weighted by atomic mass is 9.90. The molecule has 0 unspecified atom stereocenters. The minimum Gasteiger partial charge on any atom is -0.493 e. The van der Waals surface area contributed by atoms with Crippen molar-refractivity contribution in [3.63, 3.8) is 0 Å². The largest absolute Gasteiger partial charge is 0.493 e. The van der Waals surface area contributed by atoms with Gasteiger partial charge in [0.05, 0.1) is 93.7 Å². The molecule has 148 heavy (non-hydrogen) atoms. The van der Waals surface area contributed by atoms with Crippen LogP contribution in [0.4, 0.5) is 22.7 Å². The van der Waals surface area contributed by atoms with Crippen molar-refractivity contribution in [1.29, 1.82) is 0 Å². The van der Waals surface area contributed by atoms with Crippen LogP contribution in [0.25, 0.3) is 43.1 Å². The average molecular weight is 2010 g/mol. The maximum Gasteiger partial charge on any atom is 0.308 e. The zero-order chi connectivity index (χ0) is 105. The standard InChI is InChI=1S/C112H104N8O28/c1-13-17-21-25-137-101-69-29-71-35-78(114-118-107(131)91-51-83(143-59(7)123)43-66-44-84(144-60(8)124)52-92(98(66)91)108(118)132)37-73(102(71)138-26-22-18-14-2)31-75-39-80(116-120-111(135)95-55-87(147-63(11)127)47-68-48-88(148-64(12)128)56-96(100(68)95)112(120)136)40-76(104(75)140-28-24-20-16-4)32-74-38-79(115-119-109(133)93-53-85(145-61(9)125)45-67-46-86(146-62(10)126)54-94(99(67)93)110(119)134)36-72(103(74)139-27-23-19-15-3)30-70(101)34-77(33-69)113-117-105(129)89-49-81(141-57(5)121)41-65-42-82(142-58(6)122)50-90(97(65)89)106(117)130/h33-56,113-116H,13-32H2,1-12H3. The van der Waals surface area contributed by atoms with E-state index in [1.807, 2.05) is 27.7 Å². The first-order valence-electron chi connectivity index (χ1n) is 48.7. The number of esters is 8. The van der Waals surface area contributed by atoms with Crippen LogP contribution in [0.5, 0.6) is 69.0 Å². The van der Waals surface area contributed by atoms with Crippen molar-refractivity contribution in [3.05, 3.63) is 235 Å². The van der Waals surface area contributed by atoms with Gasteiger partial charge in [-0.25, -0.2) is 0 Å². The predicted molar refractivity (Wildman–Crippen MR) is 540 cm³/mol. The lowest BCUT2D eigenvalue weighted by Crippen LogP contribution is -2.44. The van der Waals surface area contributed by atoms with Crippen molar-refractivity contribution < 1.29 is 134 Å². The lowest BCUT2D eigenvalue weighted by Gasteiger charge is -2.31. The first-order valence-corrected chi connectivity index (χ1v) is 48.7. The summed E-state index contributed by atoms with van der Waals surface area (Å²) in [5.41, 5.74) is 14.1. The number of hydrogen-bond acceptors (Lipinski definition) is 32. The molecule has 0 radical (unpaired) electrons. The van der Waals surface area contributed by atoms with Crippen LogP contribution in [0.2, 0.25) is 0 Å². The molecule has 0 fully saturated rings. The maximum absolute atomic E-state index is 15.9. The van der Waals surface area contributed by atoms with Crippen molar-refractivity contribution in [2.24, 2.45) is 0 Å². The van der Waals surface area contributed by atoms with Crippen LogP contribution in [0.1, 0.15) is 288 Å². The van der Waals surface area contributed by atoms with Crippen LogP contribution in [0, 0.1) is 0 Å². The number of hydrazine groups is 4. The number of hydrogen-bond donors (Lipinski definition) is 4. The summed E-state index contributed by atoms with van der Waals surface area (Å²) in [6, 6.07) is 34.9. The van der Waals surface area contributed by atoms with Crippen molar-refractivity contribution in [3.8, 4) is 69.0 Å². The molecule has 8 amide bonds. The number of carbonyl (C=O) groups excluding carboxylic acids is 16. The highest BCUT2D eigenvalue weighted by molar-refractivity contribution is 6.30. The summed E-state index contributed by atoms with van der Waals surface area (Å²) in [6.45, 7) is 17.5. The molecule has 0 saturated heterocycles. The highest BCUT2D eigenvalue weighted by Gasteiger charge is 2.42. The van der Waals surface area contributed by atoms with E-state index < -0.39 is 95.0 Å². The van der Waals surface area contributed by atoms with Gasteiger partial charge in [-0.15, -0.1) is 0 Å². The Morgan fingerprint density at radius 2 is 0.358 bits per heavy atom. The SMILES string of the molecule is CCCCCOc1c2cc(NN3C(=O)c4cc(OC(C)=O)cc5cc(OC(C)=O)cc(c45)C3=O)cc1Cc1cc(NN3C(=O)c4cc(OC(C)=O)cc5cc(OC(C)=O)cc(c45)C3=O)cc(c1OCCCCC)Cc1cc(NN3C(=O)c4cc(OC(C)=O)cc5cc(OC(C)=O)cc(c45)C3=O)cc(c1OCCCCC)Cc1cc(NN3C(=O)c4cc(OC(C)=O)cc5cc(OC(C)=O)cc(c45)C3=O)cc(c1OCCCCC)C2. The molecular formula is C112H104N8O28. The Balaban J connectivity index is 0.950. The molecule has 5 aliphatic rings. The van der Waals surface area contributed by atoms with Gasteiger partial charge in [0.2, 0.25) is 0 Å². The molecule has 0 aromatic heterocycles. The van der Waals surface area contributed by atoms with Gasteiger partial charge < -0.3 is 56.8 Å². The molecule has 4 N–H and O–H groups in total. The van der Waals surface area contributed by atoms with Crippen molar-refractivity contribution in [2.75, 3.05) is 48.1 Å². The third kappa shape index (κ3) is 21.6. The number of amides is 8. The number of nitrogens with one attached hydrogen (secondary N) is 4. The van der Waals surface area contributed by atoms with Crippen LogP contribution in [-0.2, 0) is 64.0 Å². The fraction of sp³-hybridized carbons (Fsp3) is 0.286. The second kappa shape index (κ2) is 43.1. The number of unbranched alkanes of at least 4 members (excludes halogenated alkanes) is 8. The summed E-state index contributed by atoms with van der Waals surface area (Å²) in [7, 11) is 0. The number of carbonyl (C=O) groups is 16. The highest BCUT2D eigenvalue weighted by atomic mass is 16.6. The molecule has 36 heteroatoms. The summed E-state index contributed by atoms with van der Waals surface area (Å²) in [5.74, 6) is -13.6. The second-order valence-electron chi connectivity index (χ2n) is 36.6. The highest BCUT2D eigenvalue weighted by Crippen LogP contribution is 2.49. The third-order valence-corrected chi connectivity index (χ3v) is 25.0. The molecule has 1 aliphatic carbocycles. The molecule has 17 rings (SSSR count). The van der Waals surface area contributed by atoms with Crippen LogP contribution in [0.3, 0.4) is 0 Å². The van der Waals surface area contributed by atoms with Gasteiger partial charge in [-0.3, -0.25) is 98.4 Å². The summed E-state index contributed by atoms with van der Waals surface area (Å²) >= 11 is 0. The van der Waals surface area contributed by atoms with Gasteiger partial charge in [-0.1, -0.05) is 79.1 Å². The molecule has 8 bridgehead atoms. The van der Waals surface area contributed by atoms with E-state index in [1.165, 1.54) is 97.1 Å². The molecule has 12 aromatic carbocycles. The van der Waals surface area contributed by atoms with E-state index in [4.69, 9.17) is 56.8 Å². The molecule has 0 spiro atoms. The summed E-state index contributed by atoms with van der Waals surface area (Å²) in [4.78, 5) is 230. The number of fused-ring (bicyclic) bond motifs is 8. The van der Waals surface area contributed by atoms with Crippen molar-refractivity contribution in [2.45, 2.75) is 186 Å². The molecule has 12 aromatic rings.